The first-order chi connectivity index (χ1) is 9.15. The zero-order valence-corrected chi connectivity index (χ0v) is 12.6. The zero-order valence-electron chi connectivity index (χ0n) is 11.8. The Labute approximate surface area is 119 Å². The minimum Gasteiger partial charge on any atom is -0.348 e. The Morgan fingerprint density at radius 2 is 2.11 bits per heavy atom. The number of hydrogen-bond acceptors (Lipinski definition) is 4. The smallest absolute Gasteiger partial charge is 0.186 e. The van der Waals surface area contributed by atoms with Gasteiger partial charge in [-0.3, -0.25) is 4.79 Å². The molecule has 0 aromatic carbocycles. The van der Waals surface area contributed by atoms with E-state index in [0.717, 1.165) is 35.1 Å². The third-order valence-electron chi connectivity index (χ3n) is 4.84. The molecule has 0 atom stereocenters. The van der Waals surface area contributed by atoms with E-state index in [2.05, 4.69) is 18.7 Å². The first-order valence-corrected chi connectivity index (χ1v) is 8.18. The molecule has 4 heteroatoms. The Bertz CT molecular complexity index is 470. The van der Waals surface area contributed by atoms with E-state index in [4.69, 9.17) is 4.98 Å². The predicted octanol–water partition coefficient (Wildman–Crippen LogP) is 3.85. The van der Waals surface area contributed by atoms with Gasteiger partial charge in [0, 0.05) is 19.0 Å². The van der Waals surface area contributed by atoms with Crippen LogP contribution in [0.3, 0.4) is 0 Å². The zero-order chi connectivity index (χ0) is 13.5. The van der Waals surface area contributed by atoms with Crippen LogP contribution < -0.4 is 4.90 Å². The van der Waals surface area contributed by atoms with Crippen LogP contribution in [0.5, 0.6) is 0 Å². The number of nitrogens with zero attached hydrogens (tertiary/aromatic N) is 2. The van der Waals surface area contributed by atoms with E-state index in [1.807, 2.05) is 0 Å². The Kier molecular flexibility index (Phi) is 3.37. The van der Waals surface area contributed by atoms with Gasteiger partial charge in [-0.25, -0.2) is 4.98 Å². The SMILES string of the molecule is CCC1(C)CCN(c2nc(C3CC3)c(C=O)s2)CC1. The molecular weight excluding hydrogens is 256 g/mol. The van der Waals surface area contributed by atoms with Gasteiger partial charge < -0.3 is 4.90 Å². The van der Waals surface area contributed by atoms with Gasteiger partial charge in [0.2, 0.25) is 0 Å². The summed E-state index contributed by atoms with van der Waals surface area (Å²) in [6.45, 7) is 6.84. The number of thiazole rings is 1. The molecule has 0 N–H and O–H groups in total. The minimum atomic E-state index is 0.501. The van der Waals surface area contributed by atoms with E-state index in [1.165, 1.54) is 32.1 Å². The second-order valence-electron chi connectivity index (χ2n) is 6.29. The van der Waals surface area contributed by atoms with E-state index in [9.17, 15) is 4.79 Å². The third kappa shape index (κ3) is 2.55. The van der Waals surface area contributed by atoms with Gasteiger partial charge in [0.05, 0.1) is 10.6 Å². The fraction of sp³-hybridized carbons (Fsp3) is 0.733. The Morgan fingerprint density at radius 3 is 2.63 bits per heavy atom. The summed E-state index contributed by atoms with van der Waals surface area (Å²) in [7, 11) is 0. The van der Waals surface area contributed by atoms with E-state index in [-0.39, 0.29) is 0 Å². The standard InChI is InChI=1S/C15H22N2OS/c1-3-15(2)6-8-17(9-7-15)14-16-13(11-4-5-11)12(10-18)19-14/h10-11H,3-9H2,1-2H3. The van der Waals surface area contributed by atoms with Gasteiger partial charge in [-0.15, -0.1) is 0 Å². The number of piperidine rings is 1. The highest BCUT2D eigenvalue weighted by Crippen LogP contribution is 2.44. The van der Waals surface area contributed by atoms with Gasteiger partial charge in [0.15, 0.2) is 11.4 Å². The van der Waals surface area contributed by atoms with Crippen molar-refractivity contribution in [2.45, 2.75) is 51.9 Å². The van der Waals surface area contributed by atoms with Crippen LogP contribution in [0.25, 0.3) is 0 Å². The van der Waals surface area contributed by atoms with E-state index in [1.54, 1.807) is 11.3 Å². The van der Waals surface area contributed by atoms with Crippen LogP contribution in [0.15, 0.2) is 0 Å². The molecule has 0 spiro atoms. The second kappa shape index (κ2) is 4.89. The predicted molar refractivity (Wildman–Crippen MR) is 79.3 cm³/mol. The molecule has 0 radical (unpaired) electrons. The average molecular weight is 278 g/mol. The average Bonchev–Trinajstić information content (AvgIpc) is 3.19. The van der Waals surface area contributed by atoms with Crippen molar-refractivity contribution in [1.29, 1.82) is 0 Å². The maximum Gasteiger partial charge on any atom is 0.186 e. The van der Waals surface area contributed by atoms with Crippen LogP contribution in [0.2, 0.25) is 0 Å². The molecule has 0 amide bonds. The van der Waals surface area contributed by atoms with Crippen LogP contribution in [-0.4, -0.2) is 24.4 Å². The summed E-state index contributed by atoms with van der Waals surface area (Å²) in [5.41, 5.74) is 1.57. The third-order valence-corrected chi connectivity index (χ3v) is 5.89. The number of aldehydes is 1. The van der Waals surface area contributed by atoms with Crippen molar-refractivity contribution in [2.24, 2.45) is 5.41 Å². The fourth-order valence-electron chi connectivity index (χ4n) is 2.79. The molecule has 1 aliphatic heterocycles. The van der Waals surface area contributed by atoms with Gasteiger partial charge in [-0.05, 0) is 31.1 Å². The van der Waals surface area contributed by atoms with Crippen molar-refractivity contribution in [3.8, 4) is 0 Å². The van der Waals surface area contributed by atoms with Crippen LogP contribution in [0.4, 0.5) is 5.13 Å². The molecule has 2 aliphatic rings. The lowest BCUT2D eigenvalue weighted by Crippen LogP contribution is -2.38. The molecule has 1 aromatic rings. The number of aromatic nitrogens is 1. The molecule has 3 nitrogen and oxygen atoms in total. The maximum absolute atomic E-state index is 11.2. The van der Waals surface area contributed by atoms with Crippen molar-refractivity contribution in [3.05, 3.63) is 10.6 Å². The molecule has 1 aromatic heterocycles. The van der Waals surface area contributed by atoms with Crippen molar-refractivity contribution in [1.82, 2.24) is 4.98 Å². The van der Waals surface area contributed by atoms with Gasteiger partial charge >= 0.3 is 0 Å². The maximum atomic E-state index is 11.2. The Balaban J connectivity index is 1.75. The summed E-state index contributed by atoms with van der Waals surface area (Å²) in [6, 6.07) is 0. The molecule has 19 heavy (non-hydrogen) atoms. The number of hydrogen-bond donors (Lipinski definition) is 0. The van der Waals surface area contributed by atoms with Gasteiger partial charge in [0.25, 0.3) is 0 Å². The normalized spacial score (nSPS) is 22.5. The highest BCUT2D eigenvalue weighted by atomic mass is 32.1. The summed E-state index contributed by atoms with van der Waals surface area (Å²) in [5, 5.41) is 1.07. The molecule has 3 rings (SSSR count). The summed E-state index contributed by atoms with van der Waals surface area (Å²) in [6.07, 6.45) is 7.13. The van der Waals surface area contributed by atoms with Crippen LogP contribution >= 0.6 is 11.3 Å². The second-order valence-corrected chi connectivity index (χ2v) is 7.30. The first-order valence-electron chi connectivity index (χ1n) is 7.36. The van der Waals surface area contributed by atoms with Crippen LogP contribution in [0.1, 0.15) is 67.2 Å². The molecule has 2 heterocycles. The summed E-state index contributed by atoms with van der Waals surface area (Å²) in [5.74, 6) is 0.566. The van der Waals surface area contributed by atoms with E-state index >= 15 is 0 Å². The summed E-state index contributed by atoms with van der Waals surface area (Å²) < 4.78 is 0. The molecule has 1 aliphatic carbocycles. The Hall–Kier alpha value is -0.900. The quantitative estimate of drug-likeness (QED) is 0.784. The van der Waals surface area contributed by atoms with Gasteiger partial charge in [-0.1, -0.05) is 31.6 Å². The Morgan fingerprint density at radius 1 is 1.42 bits per heavy atom. The molecular formula is C15H22N2OS. The minimum absolute atomic E-state index is 0.501. The lowest BCUT2D eigenvalue weighted by molar-refractivity contribution is 0.112. The number of rotatable bonds is 4. The molecule has 1 saturated carbocycles. The summed E-state index contributed by atoms with van der Waals surface area (Å²) in [4.78, 5) is 19.1. The first kappa shape index (κ1) is 13.1. The monoisotopic (exact) mass is 278 g/mol. The summed E-state index contributed by atoms with van der Waals surface area (Å²) >= 11 is 1.59. The number of carbonyl (C=O) groups is 1. The van der Waals surface area contributed by atoms with Crippen molar-refractivity contribution >= 4 is 22.8 Å². The molecule has 0 unspecified atom stereocenters. The molecule has 0 bridgehead atoms. The lowest BCUT2D eigenvalue weighted by Gasteiger charge is -2.38. The van der Waals surface area contributed by atoms with Crippen molar-refractivity contribution in [2.75, 3.05) is 18.0 Å². The van der Waals surface area contributed by atoms with Gasteiger partial charge in [0.1, 0.15) is 0 Å². The van der Waals surface area contributed by atoms with E-state index in [0.29, 0.717) is 11.3 Å². The number of anilines is 1. The number of carbonyl (C=O) groups excluding carboxylic acids is 1. The van der Waals surface area contributed by atoms with Gasteiger partial charge in [-0.2, -0.15) is 0 Å². The topological polar surface area (TPSA) is 33.2 Å². The molecule has 1 saturated heterocycles. The highest BCUT2D eigenvalue weighted by molar-refractivity contribution is 7.17. The highest BCUT2D eigenvalue weighted by Gasteiger charge is 2.33. The lowest BCUT2D eigenvalue weighted by atomic mass is 9.78. The van der Waals surface area contributed by atoms with E-state index < -0.39 is 0 Å². The largest absolute Gasteiger partial charge is 0.348 e. The van der Waals surface area contributed by atoms with Crippen LogP contribution in [-0.2, 0) is 0 Å². The van der Waals surface area contributed by atoms with Crippen molar-refractivity contribution < 1.29 is 4.79 Å². The van der Waals surface area contributed by atoms with Crippen molar-refractivity contribution in [3.63, 3.8) is 0 Å². The fourth-order valence-corrected chi connectivity index (χ4v) is 3.81. The van der Waals surface area contributed by atoms with Crippen LogP contribution in [0, 0.1) is 5.41 Å². The molecule has 2 fully saturated rings. The molecule has 104 valence electrons.